The van der Waals surface area contributed by atoms with Crippen molar-refractivity contribution in [3.63, 3.8) is 0 Å². The Morgan fingerprint density at radius 2 is 1.92 bits per heavy atom. The summed E-state index contributed by atoms with van der Waals surface area (Å²) in [5.74, 6) is -1.11. The molecular formula is C8H4ClNNaO2. The SMILES string of the molecule is O=C1Nc2ccc(Cl)cc2C1=O.[Na]. The summed E-state index contributed by atoms with van der Waals surface area (Å²) in [5, 5.41) is 2.88. The van der Waals surface area contributed by atoms with E-state index in [9.17, 15) is 9.59 Å². The second kappa shape index (κ2) is 3.80. The van der Waals surface area contributed by atoms with Crippen molar-refractivity contribution in [1.29, 1.82) is 0 Å². The Labute approximate surface area is 102 Å². The van der Waals surface area contributed by atoms with Gasteiger partial charge >= 0.3 is 0 Å². The molecule has 1 radical (unpaired) electrons. The Kier molecular flexibility index (Phi) is 3.14. The van der Waals surface area contributed by atoms with Gasteiger partial charge in [-0.3, -0.25) is 9.59 Å². The number of nitrogens with one attached hydrogen (secondary N) is 1. The molecule has 13 heavy (non-hydrogen) atoms. The van der Waals surface area contributed by atoms with Gasteiger partial charge in [-0.1, -0.05) is 11.6 Å². The molecule has 1 heterocycles. The van der Waals surface area contributed by atoms with Crippen molar-refractivity contribution in [1.82, 2.24) is 0 Å². The number of rotatable bonds is 0. The molecule has 1 aromatic rings. The van der Waals surface area contributed by atoms with E-state index in [-0.39, 0.29) is 29.6 Å². The van der Waals surface area contributed by atoms with Crippen molar-refractivity contribution in [2.75, 3.05) is 5.32 Å². The van der Waals surface area contributed by atoms with Crippen LogP contribution in [0.25, 0.3) is 0 Å². The molecule has 0 unspecified atom stereocenters. The van der Waals surface area contributed by atoms with Gasteiger partial charge in [-0.05, 0) is 18.2 Å². The van der Waals surface area contributed by atoms with Gasteiger partial charge in [0.1, 0.15) is 0 Å². The molecule has 0 fully saturated rings. The Morgan fingerprint density at radius 3 is 2.62 bits per heavy atom. The Morgan fingerprint density at radius 1 is 1.23 bits per heavy atom. The molecule has 3 nitrogen and oxygen atoms in total. The minimum Gasteiger partial charge on any atom is -0.318 e. The molecular weight excluding hydrogens is 201 g/mol. The number of carbonyl (C=O) groups excluding carboxylic acids is 2. The predicted octanol–water partition coefficient (Wildman–Crippen LogP) is 1.09. The fourth-order valence-corrected chi connectivity index (χ4v) is 1.29. The predicted molar refractivity (Wildman–Crippen MR) is 50.2 cm³/mol. The number of halogens is 1. The van der Waals surface area contributed by atoms with Crippen LogP contribution in [0.4, 0.5) is 5.69 Å². The maximum absolute atomic E-state index is 11.1. The normalized spacial score (nSPS) is 13.3. The molecule has 0 saturated heterocycles. The topological polar surface area (TPSA) is 46.2 Å². The number of ketones is 1. The average molecular weight is 205 g/mol. The summed E-state index contributed by atoms with van der Waals surface area (Å²) >= 11 is 5.65. The molecule has 5 heteroatoms. The molecule has 0 spiro atoms. The fraction of sp³-hybridized carbons (Fsp3) is 0. The number of fused-ring (bicyclic) bond motifs is 1. The van der Waals surface area contributed by atoms with Crippen LogP contribution in [0, 0.1) is 0 Å². The van der Waals surface area contributed by atoms with Gasteiger partial charge in [0, 0.05) is 34.6 Å². The molecule has 0 bridgehead atoms. The van der Waals surface area contributed by atoms with Crippen molar-refractivity contribution in [3.05, 3.63) is 28.8 Å². The van der Waals surface area contributed by atoms with Crippen molar-refractivity contribution in [2.24, 2.45) is 0 Å². The number of Topliss-reactive ketones (excluding diaryl/α,β-unsaturated/α-hetero) is 1. The number of anilines is 1. The molecule has 0 atom stereocenters. The fourth-order valence-electron chi connectivity index (χ4n) is 1.11. The largest absolute Gasteiger partial charge is 0.318 e. The first kappa shape index (κ1) is 10.7. The first-order valence-corrected chi connectivity index (χ1v) is 3.71. The van der Waals surface area contributed by atoms with Crippen LogP contribution in [0.15, 0.2) is 18.2 Å². The van der Waals surface area contributed by atoms with E-state index in [4.69, 9.17) is 11.6 Å². The molecule has 0 aromatic heterocycles. The molecule has 1 aliphatic rings. The number of benzene rings is 1. The molecule has 1 aliphatic heterocycles. The molecule has 61 valence electrons. The summed E-state index contributed by atoms with van der Waals surface area (Å²) in [6, 6.07) is 4.72. The van der Waals surface area contributed by atoms with Crippen molar-refractivity contribution in [3.8, 4) is 0 Å². The summed E-state index contributed by atoms with van der Waals surface area (Å²) in [7, 11) is 0. The monoisotopic (exact) mass is 204 g/mol. The van der Waals surface area contributed by atoms with E-state index in [0.717, 1.165) is 0 Å². The van der Waals surface area contributed by atoms with Crippen molar-refractivity contribution < 1.29 is 9.59 Å². The zero-order chi connectivity index (χ0) is 8.72. The summed E-state index contributed by atoms with van der Waals surface area (Å²) < 4.78 is 0. The molecule has 2 rings (SSSR count). The third-order valence-corrected chi connectivity index (χ3v) is 1.92. The van der Waals surface area contributed by atoms with Crippen LogP contribution in [0.1, 0.15) is 10.4 Å². The summed E-state index contributed by atoms with van der Waals surface area (Å²) in [6.45, 7) is 0. The van der Waals surface area contributed by atoms with E-state index in [0.29, 0.717) is 16.3 Å². The zero-order valence-corrected chi connectivity index (χ0v) is 9.68. The van der Waals surface area contributed by atoms with Crippen LogP contribution in [0.5, 0.6) is 0 Å². The van der Waals surface area contributed by atoms with E-state index in [2.05, 4.69) is 5.32 Å². The van der Waals surface area contributed by atoms with Gasteiger partial charge < -0.3 is 5.32 Å². The second-order valence-corrected chi connectivity index (χ2v) is 2.91. The molecule has 1 amide bonds. The Balaban J connectivity index is 0.000000845. The summed E-state index contributed by atoms with van der Waals surface area (Å²) in [4.78, 5) is 21.9. The smallest absolute Gasteiger partial charge is 0.296 e. The van der Waals surface area contributed by atoms with Gasteiger partial charge in [-0.15, -0.1) is 0 Å². The maximum atomic E-state index is 11.1. The molecule has 1 N–H and O–H groups in total. The van der Waals surface area contributed by atoms with Crippen molar-refractivity contribution >= 4 is 58.5 Å². The van der Waals surface area contributed by atoms with Crippen LogP contribution in [0.2, 0.25) is 5.02 Å². The zero-order valence-electron chi connectivity index (χ0n) is 6.93. The summed E-state index contributed by atoms with van der Waals surface area (Å²) in [5.41, 5.74) is 0.891. The number of hydrogen-bond acceptors (Lipinski definition) is 2. The third-order valence-electron chi connectivity index (χ3n) is 1.68. The Hall–Kier alpha value is -0.350. The standard InChI is InChI=1S/C8H4ClNO2.Na/c9-4-1-2-6-5(3-4)7(11)8(12)10-6;/h1-3H,(H,10,11,12);. The van der Waals surface area contributed by atoms with Gasteiger partial charge in [-0.2, -0.15) is 0 Å². The summed E-state index contributed by atoms with van der Waals surface area (Å²) in [6.07, 6.45) is 0. The minimum absolute atomic E-state index is 0. The van der Waals surface area contributed by atoms with Gasteiger partial charge in [0.15, 0.2) is 0 Å². The van der Waals surface area contributed by atoms with E-state index in [1.165, 1.54) is 6.07 Å². The van der Waals surface area contributed by atoms with Crippen molar-refractivity contribution in [2.45, 2.75) is 0 Å². The third kappa shape index (κ3) is 1.79. The van der Waals surface area contributed by atoms with Gasteiger partial charge in [0.25, 0.3) is 11.7 Å². The number of hydrogen-bond donors (Lipinski definition) is 1. The van der Waals surface area contributed by atoms with Crippen LogP contribution in [-0.2, 0) is 4.79 Å². The number of carbonyl (C=O) groups is 2. The van der Waals surface area contributed by atoms with Gasteiger partial charge in [-0.25, -0.2) is 0 Å². The van der Waals surface area contributed by atoms with E-state index in [1.807, 2.05) is 0 Å². The molecule has 0 aliphatic carbocycles. The van der Waals surface area contributed by atoms with Crippen LogP contribution < -0.4 is 5.32 Å². The van der Waals surface area contributed by atoms with E-state index >= 15 is 0 Å². The number of amides is 1. The minimum atomic E-state index is -0.590. The van der Waals surface area contributed by atoms with Gasteiger partial charge in [0.2, 0.25) is 0 Å². The Bertz CT molecular complexity index is 392. The first-order valence-electron chi connectivity index (χ1n) is 3.34. The maximum Gasteiger partial charge on any atom is 0.296 e. The van der Waals surface area contributed by atoms with Crippen LogP contribution in [0.3, 0.4) is 0 Å². The van der Waals surface area contributed by atoms with E-state index in [1.54, 1.807) is 12.1 Å². The quantitative estimate of drug-likeness (QED) is 0.508. The van der Waals surface area contributed by atoms with Crippen LogP contribution >= 0.6 is 11.6 Å². The molecule has 1 aromatic carbocycles. The van der Waals surface area contributed by atoms with E-state index < -0.39 is 11.7 Å². The van der Waals surface area contributed by atoms with Gasteiger partial charge in [0.05, 0.1) is 11.3 Å². The average Bonchev–Trinajstić information content (AvgIpc) is 2.31. The first-order chi connectivity index (χ1) is 5.68. The van der Waals surface area contributed by atoms with Crippen LogP contribution in [-0.4, -0.2) is 41.2 Å². The molecule has 0 saturated carbocycles. The second-order valence-electron chi connectivity index (χ2n) is 2.47.